The van der Waals surface area contributed by atoms with Crippen LogP contribution in [0, 0.1) is 17.8 Å². The summed E-state index contributed by atoms with van der Waals surface area (Å²) in [7, 11) is 4.41. The number of hydrogen-bond acceptors (Lipinski definition) is 5. The van der Waals surface area contributed by atoms with Gasteiger partial charge in [-0.15, -0.1) is 0 Å². The fourth-order valence-corrected chi connectivity index (χ4v) is 1.31. The minimum absolute atomic E-state index is 0.144. The first-order valence-electron chi connectivity index (χ1n) is 5.29. The highest BCUT2D eigenvalue weighted by Gasteiger charge is 2.19. The van der Waals surface area contributed by atoms with Crippen LogP contribution < -0.4 is 0 Å². The van der Waals surface area contributed by atoms with Gasteiger partial charge in [-0.25, -0.2) is 0 Å². The van der Waals surface area contributed by atoms with Gasteiger partial charge in [0.2, 0.25) is 0 Å². The Morgan fingerprint density at radius 1 is 1.35 bits per heavy atom. The van der Waals surface area contributed by atoms with Gasteiger partial charge in [-0.2, -0.15) is 0 Å². The van der Waals surface area contributed by atoms with Crippen LogP contribution in [0.25, 0.3) is 0 Å². The van der Waals surface area contributed by atoms with Crippen LogP contribution in [0.15, 0.2) is 5.16 Å². The van der Waals surface area contributed by atoms with E-state index in [0.717, 1.165) is 0 Å². The van der Waals surface area contributed by atoms with E-state index in [9.17, 15) is 4.79 Å². The number of esters is 1. The van der Waals surface area contributed by atoms with Crippen LogP contribution in [0.4, 0.5) is 0 Å². The summed E-state index contributed by atoms with van der Waals surface area (Å²) in [6, 6.07) is 0. The van der Waals surface area contributed by atoms with E-state index in [0.29, 0.717) is 18.7 Å². The highest BCUT2D eigenvalue weighted by Crippen LogP contribution is 2.13. The van der Waals surface area contributed by atoms with E-state index in [1.165, 1.54) is 14.2 Å². The van der Waals surface area contributed by atoms with E-state index in [1.54, 1.807) is 14.0 Å². The van der Waals surface area contributed by atoms with Crippen molar-refractivity contribution in [3.8, 4) is 11.8 Å². The number of carbonyl (C=O) groups excluding carboxylic acids is 1. The molecule has 96 valence electrons. The molecule has 0 heterocycles. The summed E-state index contributed by atoms with van der Waals surface area (Å²) < 4.78 is 9.64. The minimum Gasteiger partial charge on any atom is -0.469 e. The van der Waals surface area contributed by atoms with Gasteiger partial charge in [0.05, 0.1) is 13.5 Å². The lowest BCUT2D eigenvalue weighted by Gasteiger charge is -2.13. The molecule has 0 aromatic heterocycles. The standard InChI is InChI=1S/C12H19NO4/c1-5-6-11(13-17-4)10(7-8-15-2)9-12(14)16-3/h10H,7-9H2,1-4H3/b13-11+. The number of carbonyl (C=O) groups is 1. The van der Waals surface area contributed by atoms with Gasteiger partial charge < -0.3 is 14.3 Å². The van der Waals surface area contributed by atoms with Gasteiger partial charge in [0.25, 0.3) is 0 Å². The summed E-state index contributed by atoms with van der Waals surface area (Å²) in [5, 5.41) is 3.83. The van der Waals surface area contributed by atoms with Gasteiger partial charge in [-0.05, 0) is 19.3 Å². The molecular formula is C12H19NO4. The molecule has 0 amide bonds. The van der Waals surface area contributed by atoms with Gasteiger partial charge in [-0.1, -0.05) is 11.1 Å². The number of rotatable bonds is 7. The van der Waals surface area contributed by atoms with E-state index in [4.69, 9.17) is 9.57 Å². The van der Waals surface area contributed by atoms with Crippen molar-refractivity contribution in [3.63, 3.8) is 0 Å². The Hall–Kier alpha value is -1.54. The van der Waals surface area contributed by atoms with Crippen LogP contribution in [-0.4, -0.2) is 39.6 Å². The van der Waals surface area contributed by atoms with Gasteiger partial charge in [0.15, 0.2) is 0 Å². The number of oxime groups is 1. The fourth-order valence-electron chi connectivity index (χ4n) is 1.31. The maximum Gasteiger partial charge on any atom is 0.306 e. The molecule has 5 heteroatoms. The van der Waals surface area contributed by atoms with Crippen LogP contribution in [0.1, 0.15) is 19.8 Å². The Balaban J connectivity index is 4.76. The van der Waals surface area contributed by atoms with E-state index in [1.807, 2.05) is 0 Å². The Labute approximate surface area is 102 Å². The third-order valence-electron chi connectivity index (χ3n) is 2.14. The van der Waals surface area contributed by atoms with Gasteiger partial charge >= 0.3 is 5.97 Å². The minimum atomic E-state index is -0.298. The van der Waals surface area contributed by atoms with Crippen molar-refractivity contribution in [2.45, 2.75) is 19.8 Å². The Bertz CT molecular complexity index is 314. The molecule has 0 aliphatic heterocycles. The van der Waals surface area contributed by atoms with Crippen molar-refractivity contribution in [1.82, 2.24) is 0 Å². The summed E-state index contributed by atoms with van der Waals surface area (Å²) in [5.74, 6) is 5.14. The number of hydrogen-bond donors (Lipinski definition) is 0. The zero-order valence-corrected chi connectivity index (χ0v) is 10.8. The van der Waals surface area contributed by atoms with Crippen LogP contribution >= 0.6 is 0 Å². The second-order valence-electron chi connectivity index (χ2n) is 3.29. The van der Waals surface area contributed by atoms with Crippen LogP contribution in [0.5, 0.6) is 0 Å². The molecule has 0 aromatic rings. The van der Waals surface area contributed by atoms with Crippen LogP contribution in [0.2, 0.25) is 0 Å². The molecule has 0 fully saturated rings. The summed E-state index contributed by atoms with van der Waals surface area (Å²) in [4.78, 5) is 16.0. The molecule has 0 aliphatic rings. The average Bonchev–Trinajstić information content (AvgIpc) is 2.34. The van der Waals surface area contributed by atoms with Crippen molar-refractivity contribution in [1.29, 1.82) is 0 Å². The third-order valence-corrected chi connectivity index (χ3v) is 2.14. The van der Waals surface area contributed by atoms with Gasteiger partial charge in [-0.3, -0.25) is 4.79 Å². The molecule has 0 aromatic carbocycles. The topological polar surface area (TPSA) is 57.1 Å². The van der Waals surface area contributed by atoms with Gasteiger partial charge in [0.1, 0.15) is 12.8 Å². The molecule has 0 rings (SSSR count). The van der Waals surface area contributed by atoms with Crippen molar-refractivity contribution in [3.05, 3.63) is 0 Å². The second kappa shape index (κ2) is 9.67. The van der Waals surface area contributed by atoms with E-state index >= 15 is 0 Å². The largest absolute Gasteiger partial charge is 0.469 e. The van der Waals surface area contributed by atoms with Crippen LogP contribution in [0.3, 0.4) is 0 Å². The van der Waals surface area contributed by atoms with Crippen molar-refractivity contribution in [2.75, 3.05) is 27.9 Å². The molecule has 0 bridgehead atoms. The normalized spacial score (nSPS) is 12.4. The summed E-state index contributed by atoms with van der Waals surface area (Å²) >= 11 is 0. The predicted molar refractivity (Wildman–Crippen MR) is 64.5 cm³/mol. The lowest BCUT2D eigenvalue weighted by atomic mass is 9.96. The highest BCUT2D eigenvalue weighted by molar-refractivity contribution is 6.03. The first-order valence-corrected chi connectivity index (χ1v) is 5.29. The first-order chi connectivity index (χ1) is 8.19. The Morgan fingerprint density at radius 2 is 2.06 bits per heavy atom. The summed E-state index contributed by atoms with van der Waals surface area (Å²) in [6.45, 7) is 2.23. The molecule has 1 atom stereocenters. The van der Waals surface area contributed by atoms with Crippen LogP contribution in [-0.2, 0) is 19.1 Å². The molecule has 1 unspecified atom stereocenters. The maximum atomic E-state index is 11.3. The summed E-state index contributed by atoms with van der Waals surface area (Å²) in [5.41, 5.74) is 0.539. The molecule has 0 saturated carbocycles. The molecule has 17 heavy (non-hydrogen) atoms. The maximum absolute atomic E-state index is 11.3. The molecule has 0 spiro atoms. The van der Waals surface area contributed by atoms with E-state index in [-0.39, 0.29) is 18.3 Å². The molecule has 5 nitrogen and oxygen atoms in total. The zero-order chi connectivity index (χ0) is 13.1. The van der Waals surface area contributed by atoms with Crippen molar-refractivity contribution >= 4 is 11.7 Å². The highest BCUT2D eigenvalue weighted by atomic mass is 16.6. The van der Waals surface area contributed by atoms with E-state index in [2.05, 4.69) is 21.7 Å². The van der Waals surface area contributed by atoms with Crippen molar-refractivity contribution < 1.29 is 19.1 Å². The summed E-state index contributed by atoms with van der Waals surface area (Å²) in [6.07, 6.45) is 0.860. The number of nitrogens with zero attached hydrogens (tertiary/aromatic N) is 1. The van der Waals surface area contributed by atoms with E-state index < -0.39 is 0 Å². The monoisotopic (exact) mass is 241 g/mol. The quantitative estimate of drug-likeness (QED) is 0.291. The second-order valence-corrected chi connectivity index (χ2v) is 3.29. The smallest absolute Gasteiger partial charge is 0.306 e. The number of methoxy groups -OCH3 is 2. The lowest BCUT2D eigenvalue weighted by Crippen LogP contribution is -2.20. The number of ether oxygens (including phenoxy) is 2. The SMILES string of the molecule is CC#C/C(=N\OC)C(CCOC)CC(=O)OC. The molecular weight excluding hydrogens is 222 g/mol. The molecule has 0 aliphatic carbocycles. The van der Waals surface area contributed by atoms with Gasteiger partial charge in [0, 0.05) is 19.6 Å². The first kappa shape index (κ1) is 15.5. The Morgan fingerprint density at radius 3 is 2.53 bits per heavy atom. The lowest BCUT2D eigenvalue weighted by molar-refractivity contribution is -0.141. The van der Waals surface area contributed by atoms with Crippen molar-refractivity contribution in [2.24, 2.45) is 11.1 Å². The predicted octanol–water partition coefficient (Wildman–Crippen LogP) is 1.23. The average molecular weight is 241 g/mol. The third kappa shape index (κ3) is 6.59. The fraction of sp³-hybridized carbons (Fsp3) is 0.667. The molecule has 0 N–H and O–H groups in total. The Kier molecular flexibility index (Phi) is 8.79. The zero-order valence-electron chi connectivity index (χ0n) is 10.8. The molecule has 0 radical (unpaired) electrons. The molecule has 0 saturated heterocycles.